The summed E-state index contributed by atoms with van der Waals surface area (Å²) in [6.07, 6.45) is 9.46. The molecule has 0 aromatic carbocycles. The summed E-state index contributed by atoms with van der Waals surface area (Å²) in [5, 5.41) is 12.7. The summed E-state index contributed by atoms with van der Waals surface area (Å²) in [7, 11) is 0. The number of allylic oxidation sites excluding steroid dienone is 2. The highest BCUT2D eigenvalue weighted by Gasteiger charge is 2.36. The molecule has 0 saturated carbocycles. The molecule has 3 atom stereocenters. The van der Waals surface area contributed by atoms with Crippen molar-refractivity contribution in [3.63, 3.8) is 0 Å². The Morgan fingerprint density at radius 1 is 1.15 bits per heavy atom. The standard InChI is InChI=1S/C21H37NO3.C6H12O2/c1-7-12-19(9-3)16-25-20(24)22-21(10-4,18(6)15-23)14-11-13-17(5)8-2;1-5(7)8-6(2,3)4/h7,9,12,17-18,23H,1,3,8,10-11,13-16H2,2,4-6H3,(H,22,24);1-4H3/b19-12+;/t17-,18?,21?;/m1./s1. The van der Waals surface area contributed by atoms with Crippen molar-refractivity contribution in [2.45, 2.75) is 98.6 Å². The van der Waals surface area contributed by atoms with E-state index in [1.54, 1.807) is 18.2 Å². The molecule has 33 heavy (non-hydrogen) atoms. The molecule has 0 aliphatic rings. The average Bonchev–Trinajstić information content (AvgIpc) is 2.73. The van der Waals surface area contributed by atoms with Crippen molar-refractivity contribution in [1.82, 2.24) is 5.32 Å². The molecule has 0 rings (SSSR count). The fourth-order valence-electron chi connectivity index (χ4n) is 3.34. The highest BCUT2D eigenvalue weighted by Crippen LogP contribution is 2.29. The quantitative estimate of drug-likeness (QED) is 0.243. The lowest BCUT2D eigenvalue weighted by Crippen LogP contribution is -2.54. The van der Waals surface area contributed by atoms with Gasteiger partial charge in [0.1, 0.15) is 12.2 Å². The lowest BCUT2D eigenvalue weighted by Gasteiger charge is -2.38. The van der Waals surface area contributed by atoms with Gasteiger partial charge in [0.25, 0.3) is 0 Å². The molecule has 0 aromatic rings. The van der Waals surface area contributed by atoms with E-state index >= 15 is 0 Å². The summed E-state index contributed by atoms with van der Waals surface area (Å²) >= 11 is 0. The Hall–Kier alpha value is -2.08. The zero-order valence-corrected chi connectivity index (χ0v) is 22.3. The number of hydrogen-bond acceptors (Lipinski definition) is 5. The van der Waals surface area contributed by atoms with Crippen molar-refractivity contribution >= 4 is 12.1 Å². The lowest BCUT2D eigenvalue weighted by molar-refractivity contribution is -0.151. The van der Waals surface area contributed by atoms with Crippen LogP contribution in [0.5, 0.6) is 0 Å². The normalized spacial score (nSPS) is 15.1. The smallest absolute Gasteiger partial charge is 0.407 e. The van der Waals surface area contributed by atoms with Gasteiger partial charge in [-0.1, -0.05) is 78.3 Å². The monoisotopic (exact) mass is 467 g/mol. The minimum absolute atomic E-state index is 0.0335. The second-order valence-electron chi connectivity index (χ2n) is 9.59. The van der Waals surface area contributed by atoms with Gasteiger partial charge in [-0.2, -0.15) is 0 Å². The van der Waals surface area contributed by atoms with E-state index in [1.165, 1.54) is 6.92 Å². The van der Waals surface area contributed by atoms with Gasteiger partial charge in [0, 0.05) is 25.0 Å². The summed E-state index contributed by atoms with van der Waals surface area (Å²) in [5.74, 6) is 0.409. The number of rotatable bonds is 13. The maximum Gasteiger partial charge on any atom is 0.407 e. The molecule has 0 aromatic heterocycles. The number of carbonyl (C=O) groups is 2. The van der Waals surface area contributed by atoms with Gasteiger partial charge in [0.2, 0.25) is 0 Å². The fraction of sp³-hybridized carbons (Fsp3) is 0.704. The van der Waals surface area contributed by atoms with Gasteiger partial charge in [-0.25, -0.2) is 4.79 Å². The van der Waals surface area contributed by atoms with E-state index in [4.69, 9.17) is 9.47 Å². The molecule has 0 radical (unpaired) electrons. The third-order valence-electron chi connectivity index (χ3n) is 5.63. The number of hydrogen-bond donors (Lipinski definition) is 2. The number of esters is 1. The van der Waals surface area contributed by atoms with Crippen LogP contribution < -0.4 is 5.32 Å². The zero-order valence-electron chi connectivity index (χ0n) is 22.3. The average molecular weight is 468 g/mol. The van der Waals surface area contributed by atoms with Gasteiger partial charge in [-0.05, 0) is 45.1 Å². The van der Waals surface area contributed by atoms with Crippen LogP contribution in [0.2, 0.25) is 0 Å². The number of carbonyl (C=O) groups excluding carboxylic acids is 2. The van der Waals surface area contributed by atoms with Crippen LogP contribution in [0.1, 0.15) is 87.5 Å². The number of aliphatic hydroxyl groups is 1. The van der Waals surface area contributed by atoms with Crippen LogP contribution in [0.15, 0.2) is 37.0 Å². The number of nitrogens with one attached hydrogen (secondary N) is 1. The number of aliphatic hydroxyl groups excluding tert-OH is 1. The highest BCUT2D eigenvalue weighted by molar-refractivity contribution is 5.68. The van der Waals surface area contributed by atoms with E-state index in [2.05, 4.69) is 32.3 Å². The maximum atomic E-state index is 12.3. The molecular formula is C27H49NO5. The second-order valence-corrected chi connectivity index (χ2v) is 9.59. The van der Waals surface area contributed by atoms with Crippen LogP contribution in [0.3, 0.4) is 0 Å². The molecule has 192 valence electrons. The van der Waals surface area contributed by atoms with Crippen LogP contribution >= 0.6 is 0 Å². The second kappa shape index (κ2) is 17.4. The molecule has 0 bridgehead atoms. The third-order valence-corrected chi connectivity index (χ3v) is 5.63. The van der Waals surface area contributed by atoms with Crippen LogP contribution in [-0.4, -0.2) is 41.5 Å². The van der Waals surface area contributed by atoms with Crippen molar-refractivity contribution < 1.29 is 24.2 Å². The van der Waals surface area contributed by atoms with Crippen LogP contribution in [0.4, 0.5) is 4.79 Å². The van der Waals surface area contributed by atoms with E-state index in [0.717, 1.165) is 37.7 Å². The van der Waals surface area contributed by atoms with Crippen molar-refractivity contribution in [3.05, 3.63) is 37.0 Å². The van der Waals surface area contributed by atoms with E-state index in [1.807, 2.05) is 34.6 Å². The molecule has 0 heterocycles. The summed E-state index contributed by atoms with van der Waals surface area (Å²) < 4.78 is 10.1. The number of alkyl carbamates (subject to hydrolysis) is 1. The first-order valence-corrected chi connectivity index (χ1v) is 12.0. The van der Waals surface area contributed by atoms with Gasteiger partial charge in [-0.3, -0.25) is 4.79 Å². The van der Waals surface area contributed by atoms with Gasteiger partial charge in [0.15, 0.2) is 0 Å². The van der Waals surface area contributed by atoms with Gasteiger partial charge < -0.3 is 19.9 Å². The predicted molar refractivity (Wildman–Crippen MR) is 137 cm³/mol. The fourth-order valence-corrected chi connectivity index (χ4v) is 3.34. The molecule has 6 heteroatoms. The van der Waals surface area contributed by atoms with Crippen LogP contribution in [0.25, 0.3) is 0 Å². The molecule has 0 aliphatic heterocycles. The first-order valence-electron chi connectivity index (χ1n) is 12.0. The Bertz CT molecular complexity index is 620. The number of amides is 1. The summed E-state index contributed by atoms with van der Waals surface area (Å²) in [6, 6.07) is 0. The summed E-state index contributed by atoms with van der Waals surface area (Å²) in [4.78, 5) is 22.6. The Labute approximate surface area is 202 Å². The van der Waals surface area contributed by atoms with Crippen molar-refractivity contribution in [3.8, 4) is 0 Å². The van der Waals surface area contributed by atoms with E-state index in [0.29, 0.717) is 5.92 Å². The Morgan fingerprint density at radius 3 is 2.12 bits per heavy atom. The Balaban J connectivity index is 0. The molecule has 0 fully saturated rings. The first kappa shape index (κ1) is 33.1. The Kier molecular flexibility index (Phi) is 17.5. The van der Waals surface area contributed by atoms with Crippen LogP contribution in [-0.2, 0) is 14.3 Å². The van der Waals surface area contributed by atoms with E-state index < -0.39 is 11.6 Å². The molecule has 1 amide bonds. The molecule has 0 saturated heterocycles. The SMILES string of the molecule is C=C/C=C(\C=C)COC(=O)NC(CC)(CCC[C@H](C)CC)C(C)CO.CC(=O)OC(C)(C)C. The van der Waals surface area contributed by atoms with Gasteiger partial charge in [0.05, 0.1) is 0 Å². The highest BCUT2D eigenvalue weighted by atomic mass is 16.6. The molecule has 0 aliphatic carbocycles. The minimum Gasteiger partial charge on any atom is -0.460 e. The lowest BCUT2D eigenvalue weighted by atomic mass is 9.78. The van der Waals surface area contributed by atoms with E-state index in [-0.39, 0.29) is 30.7 Å². The minimum atomic E-state index is -0.456. The topological polar surface area (TPSA) is 84.9 Å². The molecule has 2 unspecified atom stereocenters. The molecule has 0 spiro atoms. The van der Waals surface area contributed by atoms with Crippen molar-refractivity contribution in [2.24, 2.45) is 11.8 Å². The molecule has 2 N–H and O–H groups in total. The zero-order chi connectivity index (χ0) is 26.1. The predicted octanol–water partition coefficient (Wildman–Crippen LogP) is 6.35. The first-order chi connectivity index (χ1) is 15.3. The van der Waals surface area contributed by atoms with Crippen LogP contribution in [0, 0.1) is 11.8 Å². The summed E-state index contributed by atoms with van der Waals surface area (Å²) in [5.41, 5.74) is 0.0148. The number of ether oxygens (including phenoxy) is 2. The van der Waals surface area contributed by atoms with Crippen molar-refractivity contribution in [1.29, 1.82) is 0 Å². The van der Waals surface area contributed by atoms with Gasteiger partial charge in [-0.15, -0.1) is 0 Å². The van der Waals surface area contributed by atoms with Crippen molar-refractivity contribution in [2.75, 3.05) is 13.2 Å². The summed E-state index contributed by atoms with van der Waals surface area (Å²) in [6.45, 7) is 22.9. The Morgan fingerprint density at radius 2 is 1.76 bits per heavy atom. The van der Waals surface area contributed by atoms with E-state index in [9.17, 15) is 14.7 Å². The molecular weight excluding hydrogens is 418 g/mol. The van der Waals surface area contributed by atoms with Gasteiger partial charge >= 0.3 is 12.1 Å². The largest absolute Gasteiger partial charge is 0.460 e. The third kappa shape index (κ3) is 16.2. The maximum absolute atomic E-state index is 12.3. The molecule has 6 nitrogen and oxygen atoms in total.